The highest BCUT2D eigenvalue weighted by Crippen LogP contribution is 2.24. The van der Waals surface area contributed by atoms with E-state index < -0.39 is 24.3 Å². The second kappa shape index (κ2) is 14.0. The van der Waals surface area contributed by atoms with Crippen molar-refractivity contribution in [2.45, 2.75) is 25.4 Å². The number of amides is 1. The van der Waals surface area contributed by atoms with E-state index >= 15 is 0 Å². The van der Waals surface area contributed by atoms with Gasteiger partial charge in [0.15, 0.2) is 0 Å². The largest absolute Gasteiger partial charge is 0.490 e. The summed E-state index contributed by atoms with van der Waals surface area (Å²) in [6.45, 7) is 2.78. The second-order valence-electron chi connectivity index (χ2n) is 7.12. The number of nitrogens with zero attached hydrogens (tertiary/aromatic N) is 4. The van der Waals surface area contributed by atoms with E-state index in [2.05, 4.69) is 14.9 Å². The van der Waals surface area contributed by atoms with Crippen LogP contribution in [0, 0.1) is 0 Å². The third-order valence-electron chi connectivity index (χ3n) is 4.37. The monoisotopic (exact) mass is 540 g/mol. The summed E-state index contributed by atoms with van der Waals surface area (Å²) in [4.78, 5) is 42.7. The highest BCUT2D eigenvalue weighted by atomic mass is 19.4. The summed E-state index contributed by atoms with van der Waals surface area (Å²) in [6.07, 6.45) is -4.74. The number of pyridine rings is 2. The van der Waals surface area contributed by atoms with Crippen molar-refractivity contribution >= 4 is 23.7 Å². The number of fused-ring (bicyclic) bond motifs is 1. The molecule has 2 aromatic heterocycles. The van der Waals surface area contributed by atoms with E-state index in [9.17, 15) is 31.1 Å². The molecule has 16 heteroatoms. The molecule has 204 valence electrons. The SMILES string of the molecule is COCC(=O)N1CCN(Cc2cccnc2)c2ncccc2C1.O=C(O)C(F)(F)F.O=C(O)C(F)(F)F. The van der Waals surface area contributed by atoms with E-state index in [1.54, 1.807) is 19.5 Å². The quantitative estimate of drug-likeness (QED) is 0.562. The molecule has 0 aliphatic carbocycles. The number of halogens is 6. The Labute approximate surface area is 206 Å². The van der Waals surface area contributed by atoms with Crippen LogP contribution in [-0.4, -0.2) is 82.1 Å². The molecule has 2 N–H and O–H groups in total. The zero-order valence-electron chi connectivity index (χ0n) is 19.2. The Morgan fingerprint density at radius 1 is 0.973 bits per heavy atom. The van der Waals surface area contributed by atoms with Crippen LogP contribution in [0.3, 0.4) is 0 Å². The van der Waals surface area contributed by atoms with E-state index in [1.165, 1.54) is 0 Å². The van der Waals surface area contributed by atoms with Crippen LogP contribution in [0.4, 0.5) is 32.2 Å². The molecule has 0 radical (unpaired) electrons. The Bertz CT molecular complexity index is 1010. The van der Waals surface area contributed by atoms with Crippen molar-refractivity contribution in [3.63, 3.8) is 0 Å². The van der Waals surface area contributed by atoms with Gasteiger partial charge in [-0.2, -0.15) is 26.3 Å². The second-order valence-corrected chi connectivity index (χ2v) is 7.12. The molecule has 0 bridgehead atoms. The minimum atomic E-state index is -5.08. The van der Waals surface area contributed by atoms with Crippen LogP contribution in [0.1, 0.15) is 11.1 Å². The fourth-order valence-electron chi connectivity index (χ4n) is 2.76. The van der Waals surface area contributed by atoms with Gasteiger partial charge in [0.2, 0.25) is 5.91 Å². The Kier molecular flexibility index (Phi) is 11.7. The maximum absolute atomic E-state index is 12.2. The number of carboxylic acid groups (broad SMARTS) is 2. The molecule has 10 nitrogen and oxygen atoms in total. The van der Waals surface area contributed by atoms with Crippen molar-refractivity contribution < 1.29 is 55.7 Å². The molecule has 0 unspecified atom stereocenters. The molecule has 0 aromatic carbocycles. The third kappa shape index (κ3) is 11.1. The van der Waals surface area contributed by atoms with Gasteiger partial charge < -0.3 is 24.7 Å². The normalized spacial score (nSPS) is 13.2. The van der Waals surface area contributed by atoms with Crippen molar-refractivity contribution in [3.8, 4) is 0 Å². The van der Waals surface area contributed by atoms with Gasteiger partial charge in [-0.1, -0.05) is 12.1 Å². The van der Waals surface area contributed by atoms with Gasteiger partial charge in [0, 0.05) is 57.4 Å². The van der Waals surface area contributed by atoms with Gasteiger partial charge in [0.05, 0.1) is 0 Å². The van der Waals surface area contributed by atoms with Crippen molar-refractivity contribution in [1.29, 1.82) is 0 Å². The fourth-order valence-corrected chi connectivity index (χ4v) is 2.76. The predicted molar refractivity (Wildman–Crippen MR) is 114 cm³/mol. The van der Waals surface area contributed by atoms with Crippen molar-refractivity contribution in [1.82, 2.24) is 14.9 Å². The van der Waals surface area contributed by atoms with Crippen LogP contribution in [0.15, 0.2) is 42.9 Å². The highest BCUT2D eigenvalue weighted by molar-refractivity contribution is 5.78. The van der Waals surface area contributed by atoms with Crippen LogP contribution < -0.4 is 4.90 Å². The van der Waals surface area contributed by atoms with Crippen molar-refractivity contribution in [3.05, 3.63) is 54.0 Å². The number of methoxy groups -OCH3 is 1. The fraction of sp³-hybridized carbons (Fsp3) is 0.381. The first-order valence-electron chi connectivity index (χ1n) is 10.1. The standard InChI is InChI=1S/C17H20N4O2.2C2HF3O2/c1-23-13-16(22)20-8-9-21(11-14-4-2-6-18-10-14)17-15(12-20)5-3-7-19-17;2*3-2(4,5)1(6)7/h2-7,10H,8-9,11-13H2,1H3;2*(H,6,7). The summed E-state index contributed by atoms with van der Waals surface area (Å²) in [5.74, 6) is -4.57. The summed E-state index contributed by atoms with van der Waals surface area (Å²) in [6, 6.07) is 7.91. The van der Waals surface area contributed by atoms with Gasteiger partial charge in [-0.15, -0.1) is 0 Å². The molecule has 3 rings (SSSR count). The molecule has 0 saturated heterocycles. The molecule has 1 aliphatic heterocycles. The Balaban J connectivity index is 0.000000404. The first-order chi connectivity index (χ1) is 17.2. The van der Waals surface area contributed by atoms with E-state index in [0.29, 0.717) is 13.1 Å². The molecule has 1 aliphatic rings. The zero-order chi connectivity index (χ0) is 28.2. The molecule has 2 aromatic rings. The Morgan fingerprint density at radius 2 is 1.54 bits per heavy atom. The van der Waals surface area contributed by atoms with Gasteiger partial charge >= 0.3 is 24.3 Å². The predicted octanol–water partition coefficient (Wildman–Crippen LogP) is 2.74. The van der Waals surface area contributed by atoms with E-state index in [1.807, 2.05) is 35.4 Å². The topological polar surface area (TPSA) is 133 Å². The number of rotatable bonds is 4. The molecule has 0 fully saturated rings. The number of alkyl halides is 6. The molecule has 0 saturated carbocycles. The number of aliphatic carboxylic acids is 2. The number of carboxylic acids is 2. The maximum Gasteiger partial charge on any atom is 0.490 e. The van der Waals surface area contributed by atoms with E-state index in [4.69, 9.17) is 24.5 Å². The average Bonchev–Trinajstić information content (AvgIpc) is 2.99. The maximum atomic E-state index is 12.2. The molecule has 37 heavy (non-hydrogen) atoms. The van der Waals surface area contributed by atoms with E-state index in [0.717, 1.165) is 30.0 Å². The van der Waals surface area contributed by atoms with Crippen molar-refractivity contribution in [2.24, 2.45) is 0 Å². The molecular formula is C21H22F6N4O6. The number of anilines is 1. The van der Waals surface area contributed by atoms with Gasteiger partial charge in [0.1, 0.15) is 12.4 Å². The molecule has 3 heterocycles. The Hall–Kier alpha value is -3.95. The highest BCUT2D eigenvalue weighted by Gasteiger charge is 2.38. The summed E-state index contributed by atoms with van der Waals surface area (Å²) < 4.78 is 68.5. The smallest absolute Gasteiger partial charge is 0.475 e. The zero-order valence-corrected chi connectivity index (χ0v) is 19.2. The minimum Gasteiger partial charge on any atom is -0.475 e. The van der Waals surface area contributed by atoms with Gasteiger partial charge in [-0.05, 0) is 17.7 Å². The first-order valence-corrected chi connectivity index (χ1v) is 10.1. The van der Waals surface area contributed by atoms with Crippen LogP contribution >= 0.6 is 0 Å². The average molecular weight is 540 g/mol. The van der Waals surface area contributed by atoms with Crippen LogP contribution in [0.2, 0.25) is 0 Å². The van der Waals surface area contributed by atoms with Gasteiger partial charge in [-0.3, -0.25) is 9.78 Å². The van der Waals surface area contributed by atoms with Crippen LogP contribution in [0.25, 0.3) is 0 Å². The lowest BCUT2D eigenvalue weighted by Gasteiger charge is -2.23. The number of hydrogen-bond acceptors (Lipinski definition) is 7. The van der Waals surface area contributed by atoms with Crippen LogP contribution in [-0.2, 0) is 32.2 Å². The summed E-state index contributed by atoms with van der Waals surface area (Å²) in [5.41, 5.74) is 2.18. The number of carbonyl (C=O) groups excluding carboxylic acids is 1. The lowest BCUT2D eigenvalue weighted by atomic mass is 10.2. The lowest BCUT2D eigenvalue weighted by Crippen LogP contribution is -2.37. The number of aromatic nitrogens is 2. The first kappa shape index (κ1) is 31.1. The van der Waals surface area contributed by atoms with Gasteiger partial charge in [0.25, 0.3) is 0 Å². The lowest BCUT2D eigenvalue weighted by molar-refractivity contribution is -0.193. The summed E-state index contributed by atoms with van der Waals surface area (Å²) in [7, 11) is 1.54. The molecule has 0 spiro atoms. The molecule has 1 amide bonds. The van der Waals surface area contributed by atoms with E-state index in [-0.39, 0.29) is 12.5 Å². The van der Waals surface area contributed by atoms with Gasteiger partial charge in [-0.25, -0.2) is 14.6 Å². The number of ether oxygens (including phenoxy) is 1. The van der Waals surface area contributed by atoms with Crippen LogP contribution in [0.5, 0.6) is 0 Å². The molecule has 0 atom stereocenters. The van der Waals surface area contributed by atoms with Crippen molar-refractivity contribution in [2.75, 3.05) is 31.7 Å². The minimum absolute atomic E-state index is 0.00512. The number of carbonyl (C=O) groups is 3. The summed E-state index contributed by atoms with van der Waals surface area (Å²) >= 11 is 0. The molecular weight excluding hydrogens is 518 g/mol. The third-order valence-corrected chi connectivity index (χ3v) is 4.37. The number of hydrogen-bond donors (Lipinski definition) is 2. The Morgan fingerprint density at radius 3 is 2.03 bits per heavy atom. The summed E-state index contributed by atoms with van der Waals surface area (Å²) in [5, 5.41) is 14.2.